The highest BCUT2D eigenvalue weighted by Gasteiger charge is 2.18. The van der Waals surface area contributed by atoms with Gasteiger partial charge in [-0.1, -0.05) is 24.3 Å². The van der Waals surface area contributed by atoms with E-state index in [1.165, 1.54) is 6.07 Å². The first-order valence-electron chi connectivity index (χ1n) is 9.38. The van der Waals surface area contributed by atoms with Crippen molar-refractivity contribution in [3.05, 3.63) is 70.0 Å². The van der Waals surface area contributed by atoms with E-state index in [9.17, 15) is 9.59 Å². The highest BCUT2D eigenvalue weighted by Crippen LogP contribution is 2.28. The van der Waals surface area contributed by atoms with Crippen LogP contribution in [0.25, 0.3) is 10.9 Å². The van der Waals surface area contributed by atoms with Crippen molar-refractivity contribution in [3.8, 4) is 5.75 Å². The number of carbonyl (C=O) groups excluding carboxylic acids is 1. The molecular weight excluding hydrogens is 356 g/mol. The Hall–Kier alpha value is -3.12. The maximum Gasteiger partial charge on any atom is 0.256 e. The van der Waals surface area contributed by atoms with Gasteiger partial charge in [0.05, 0.1) is 17.4 Å². The largest absolute Gasteiger partial charge is 0.489 e. The second kappa shape index (κ2) is 7.86. The van der Waals surface area contributed by atoms with E-state index in [1.807, 2.05) is 43.3 Å². The minimum absolute atomic E-state index is 0.0840. The number of fused-ring (bicyclic) bond motifs is 1. The number of para-hydroxylation sites is 1. The molecule has 6 nitrogen and oxygen atoms in total. The van der Waals surface area contributed by atoms with E-state index in [-0.39, 0.29) is 17.6 Å². The monoisotopic (exact) mass is 378 g/mol. The average Bonchev–Trinajstić information content (AvgIpc) is 3.21. The van der Waals surface area contributed by atoms with Gasteiger partial charge >= 0.3 is 0 Å². The lowest BCUT2D eigenvalue weighted by Gasteiger charge is -2.16. The molecule has 1 unspecified atom stereocenters. The summed E-state index contributed by atoms with van der Waals surface area (Å²) in [5, 5.41) is 3.58. The standard InChI is InChI=1S/C22H22N2O4/c1-14-8-9-19(20(11-14)28-13-15-5-4-10-27-15)24-22(26)17-12-21(25)23-18-7-3-2-6-16(17)18/h2-3,6-9,11-12,15H,4-5,10,13H2,1H3,(H,23,25)(H,24,26). The van der Waals surface area contributed by atoms with Crippen LogP contribution in [0.15, 0.2) is 53.3 Å². The normalized spacial score (nSPS) is 16.2. The number of pyridine rings is 1. The maximum atomic E-state index is 12.9. The zero-order chi connectivity index (χ0) is 19.5. The zero-order valence-electron chi connectivity index (χ0n) is 15.7. The summed E-state index contributed by atoms with van der Waals surface area (Å²) in [7, 11) is 0. The molecule has 1 aliphatic rings. The quantitative estimate of drug-likeness (QED) is 0.710. The van der Waals surface area contributed by atoms with Gasteiger partial charge in [-0.2, -0.15) is 0 Å². The van der Waals surface area contributed by atoms with E-state index in [0.29, 0.717) is 34.5 Å². The van der Waals surface area contributed by atoms with Gasteiger partial charge in [0, 0.05) is 23.6 Å². The van der Waals surface area contributed by atoms with Crippen LogP contribution in [-0.2, 0) is 4.74 Å². The van der Waals surface area contributed by atoms with Gasteiger partial charge in [0.25, 0.3) is 5.91 Å². The van der Waals surface area contributed by atoms with Crippen molar-refractivity contribution in [2.75, 3.05) is 18.5 Å². The van der Waals surface area contributed by atoms with Crippen LogP contribution in [0.4, 0.5) is 5.69 Å². The summed E-state index contributed by atoms with van der Waals surface area (Å²) in [6.07, 6.45) is 2.11. The molecule has 0 saturated carbocycles. The maximum absolute atomic E-state index is 12.9. The molecule has 1 aromatic heterocycles. The van der Waals surface area contributed by atoms with Crippen LogP contribution >= 0.6 is 0 Å². The lowest BCUT2D eigenvalue weighted by Crippen LogP contribution is -2.19. The predicted octanol–water partition coefficient (Wildman–Crippen LogP) is 3.65. The van der Waals surface area contributed by atoms with Gasteiger partial charge in [-0.15, -0.1) is 0 Å². The Kier molecular flexibility index (Phi) is 5.12. The Labute approximate surface area is 162 Å². The summed E-state index contributed by atoms with van der Waals surface area (Å²) in [5.74, 6) is 0.242. The molecule has 0 spiro atoms. The third kappa shape index (κ3) is 3.92. The number of nitrogens with one attached hydrogen (secondary N) is 2. The van der Waals surface area contributed by atoms with E-state index in [2.05, 4.69) is 10.3 Å². The molecule has 1 aliphatic heterocycles. The molecule has 0 aliphatic carbocycles. The van der Waals surface area contributed by atoms with E-state index < -0.39 is 0 Å². The smallest absolute Gasteiger partial charge is 0.256 e. The van der Waals surface area contributed by atoms with Crippen molar-refractivity contribution in [3.63, 3.8) is 0 Å². The predicted molar refractivity (Wildman–Crippen MR) is 108 cm³/mol. The molecule has 3 aromatic rings. The number of amides is 1. The summed E-state index contributed by atoms with van der Waals surface area (Å²) in [6.45, 7) is 3.18. The average molecular weight is 378 g/mol. The van der Waals surface area contributed by atoms with Crippen molar-refractivity contribution in [2.24, 2.45) is 0 Å². The van der Waals surface area contributed by atoms with E-state index >= 15 is 0 Å². The Morgan fingerprint density at radius 1 is 1.25 bits per heavy atom. The van der Waals surface area contributed by atoms with Crippen LogP contribution in [0.5, 0.6) is 5.75 Å². The number of aryl methyl sites for hydroxylation is 1. The van der Waals surface area contributed by atoms with Crippen LogP contribution in [0.1, 0.15) is 28.8 Å². The van der Waals surface area contributed by atoms with Crippen molar-refractivity contribution < 1.29 is 14.3 Å². The van der Waals surface area contributed by atoms with Crippen molar-refractivity contribution in [1.82, 2.24) is 4.98 Å². The van der Waals surface area contributed by atoms with Crippen LogP contribution in [-0.4, -0.2) is 30.2 Å². The Bertz CT molecular complexity index is 1070. The Morgan fingerprint density at radius 3 is 2.93 bits per heavy atom. The van der Waals surface area contributed by atoms with Gasteiger partial charge in [-0.3, -0.25) is 9.59 Å². The fourth-order valence-corrected chi connectivity index (χ4v) is 3.39. The van der Waals surface area contributed by atoms with Crippen molar-refractivity contribution in [1.29, 1.82) is 0 Å². The van der Waals surface area contributed by atoms with Crippen molar-refractivity contribution >= 4 is 22.5 Å². The lowest BCUT2D eigenvalue weighted by atomic mass is 10.1. The molecule has 1 saturated heterocycles. The molecule has 0 radical (unpaired) electrons. The molecule has 2 heterocycles. The number of aromatic amines is 1. The first-order valence-corrected chi connectivity index (χ1v) is 9.38. The second-order valence-electron chi connectivity index (χ2n) is 6.99. The minimum Gasteiger partial charge on any atom is -0.489 e. The van der Waals surface area contributed by atoms with Gasteiger partial charge in [-0.05, 0) is 43.5 Å². The summed E-state index contributed by atoms with van der Waals surface area (Å²) in [5.41, 5.74) is 2.23. The Morgan fingerprint density at radius 2 is 2.11 bits per heavy atom. The number of aromatic nitrogens is 1. The van der Waals surface area contributed by atoms with Crippen LogP contribution in [0.3, 0.4) is 0 Å². The number of hydrogen-bond donors (Lipinski definition) is 2. The minimum atomic E-state index is -0.354. The summed E-state index contributed by atoms with van der Waals surface area (Å²) in [4.78, 5) is 27.6. The molecule has 28 heavy (non-hydrogen) atoms. The second-order valence-corrected chi connectivity index (χ2v) is 6.99. The van der Waals surface area contributed by atoms with E-state index in [0.717, 1.165) is 25.0 Å². The molecule has 144 valence electrons. The number of hydrogen-bond acceptors (Lipinski definition) is 4. The Balaban J connectivity index is 1.60. The fraction of sp³-hybridized carbons (Fsp3) is 0.273. The molecule has 2 aromatic carbocycles. The van der Waals surface area contributed by atoms with Crippen LogP contribution in [0, 0.1) is 6.92 Å². The number of carbonyl (C=O) groups is 1. The van der Waals surface area contributed by atoms with Gasteiger partial charge in [0.2, 0.25) is 5.56 Å². The third-order valence-corrected chi connectivity index (χ3v) is 4.83. The first kappa shape index (κ1) is 18.3. The zero-order valence-corrected chi connectivity index (χ0v) is 15.7. The molecule has 4 rings (SSSR count). The summed E-state index contributed by atoms with van der Waals surface area (Å²) >= 11 is 0. The number of H-pyrrole nitrogens is 1. The van der Waals surface area contributed by atoms with Gasteiger partial charge in [0.15, 0.2) is 0 Å². The molecule has 1 atom stereocenters. The summed E-state index contributed by atoms with van der Waals surface area (Å²) < 4.78 is 11.5. The molecule has 2 N–H and O–H groups in total. The lowest BCUT2D eigenvalue weighted by molar-refractivity contribution is 0.0681. The fourth-order valence-electron chi connectivity index (χ4n) is 3.39. The highest BCUT2D eigenvalue weighted by molar-refractivity contribution is 6.12. The molecule has 6 heteroatoms. The number of rotatable bonds is 5. The number of ether oxygens (including phenoxy) is 2. The number of anilines is 1. The van der Waals surface area contributed by atoms with Crippen molar-refractivity contribution in [2.45, 2.75) is 25.9 Å². The number of benzene rings is 2. The topological polar surface area (TPSA) is 80.4 Å². The molecule has 1 fully saturated rings. The third-order valence-electron chi connectivity index (χ3n) is 4.83. The van der Waals surface area contributed by atoms with E-state index in [4.69, 9.17) is 9.47 Å². The van der Waals surface area contributed by atoms with Gasteiger partial charge in [-0.25, -0.2) is 0 Å². The van der Waals surface area contributed by atoms with Crippen LogP contribution < -0.4 is 15.6 Å². The summed E-state index contributed by atoms with van der Waals surface area (Å²) in [6, 6.07) is 14.2. The molecule has 0 bridgehead atoms. The molecule has 1 amide bonds. The SMILES string of the molecule is Cc1ccc(NC(=O)c2cc(=O)[nH]c3ccccc23)c(OCC2CCCO2)c1. The highest BCUT2D eigenvalue weighted by atomic mass is 16.5. The first-order chi connectivity index (χ1) is 13.6. The molecular formula is C22H22N2O4. The van der Waals surface area contributed by atoms with Gasteiger partial charge < -0.3 is 19.8 Å². The van der Waals surface area contributed by atoms with E-state index in [1.54, 1.807) is 6.07 Å². The van der Waals surface area contributed by atoms with Gasteiger partial charge in [0.1, 0.15) is 12.4 Å². The van der Waals surface area contributed by atoms with Crippen LogP contribution in [0.2, 0.25) is 0 Å².